The van der Waals surface area contributed by atoms with Crippen LogP contribution in [0.15, 0.2) is 42.5 Å². The Balaban J connectivity index is 1.98. The molecule has 0 fully saturated rings. The molecule has 3 aromatic rings. The van der Waals surface area contributed by atoms with Crippen molar-refractivity contribution >= 4 is 44.9 Å². The number of hydrogen-bond donors (Lipinski definition) is 0. The first-order chi connectivity index (χ1) is 8.72. The number of fused-ring (bicyclic) bond motifs is 1. The van der Waals surface area contributed by atoms with Crippen LogP contribution in [0.2, 0.25) is 0 Å². The average Bonchev–Trinajstić information content (AvgIpc) is 2.73. The van der Waals surface area contributed by atoms with E-state index in [9.17, 15) is 8.78 Å². The summed E-state index contributed by atoms with van der Waals surface area (Å²) in [6.45, 7) is 0. The molecule has 3 rings (SSSR count). The van der Waals surface area contributed by atoms with E-state index < -0.39 is 0 Å². The normalized spacial score (nSPS) is 11.0. The molecule has 18 heavy (non-hydrogen) atoms. The van der Waals surface area contributed by atoms with E-state index in [1.54, 1.807) is 18.2 Å². The third-order valence-electron chi connectivity index (χ3n) is 2.36. The molecule has 0 atom stereocenters. The first kappa shape index (κ1) is 11.8. The van der Waals surface area contributed by atoms with Gasteiger partial charge in [0.2, 0.25) is 0 Å². The molecular formula is C13H7F2NSSe. The van der Waals surface area contributed by atoms with Gasteiger partial charge in [0.25, 0.3) is 0 Å². The van der Waals surface area contributed by atoms with Gasteiger partial charge in [-0.05, 0) is 0 Å². The van der Waals surface area contributed by atoms with Crippen LogP contribution in [0.5, 0.6) is 0 Å². The zero-order chi connectivity index (χ0) is 12.5. The second kappa shape index (κ2) is 4.76. The summed E-state index contributed by atoms with van der Waals surface area (Å²) in [6.07, 6.45) is 0. The van der Waals surface area contributed by atoms with Crippen molar-refractivity contribution in [3.63, 3.8) is 0 Å². The number of aromatic nitrogens is 1. The molecular weight excluding hydrogens is 319 g/mol. The minimum absolute atomic E-state index is 0.175. The molecule has 0 aliphatic carbocycles. The topological polar surface area (TPSA) is 12.9 Å². The standard InChI is InChI=1S/C13H7F2NSSe/c14-8-5-6-10-11(7-8)17-13(16-10)18-12-4-2-1-3-9(12)15/h1-7H. The molecule has 1 nitrogen and oxygen atoms in total. The third-order valence-corrected chi connectivity index (χ3v) is 5.85. The van der Waals surface area contributed by atoms with E-state index in [1.165, 1.54) is 29.5 Å². The maximum atomic E-state index is 13.5. The Hall–Kier alpha value is -1.29. The van der Waals surface area contributed by atoms with Crippen LogP contribution >= 0.6 is 11.3 Å². The summed E-state index contributed by atoms with van der Waals surface area (Å²) >= 11 is 1.25. The predicted octanol–water partition coefficient (Wildman–Crippen LogP) is 2.23. The molecule has 0 radical (unpaired) electrons. The number of halogens is 2. The van der Waals surface area contributed by atoms with E-state index in [0.717, 1.165) is 14.1 Å². The molecule has 90 valence electrons. The Kier molecular flexibility index (Phi) is 3.12. The van der Waals surface area contributed by atoms with Crippen molar-refractivity contribution in [3.05, 3.63) is 54.1 Å². The van der Waals surface area contributed by atoms with Crippen molar-refractivity contribution < 1.29 is 8.78 Å². The first-order valence-electron chi connectivity index (χ1n) is 5.21. The van der Waals surface area contributed by atoms with Gasteiger partial charge in [0, 0.05) is 0 Å². The molecule has 0 aliphatic rings. The van der Waals surface area contributed by atoms with Crippen molar-refractivity contribution in [2.75, 3.05) is 0 Å². The molecule has 0 saturated heterocycles. The van der Waals surface area contributed by atoms with Crippen molar-refractivity contribution in [1.29, 1.82) is 0 Å². The van der Waals surface area contributed by atoms with E-state index in [2.05, 4.69) is 4.98 Å². The molecule has 1 heterocycles. The predicted molar refractivity (Wildman–Crippen MR) is 71.0 cm³/mol. The zero-order valence-corrected chi connectivity index (χ0v) is 11.6. The Labute approximate surface area is 113 Å². The molecule has 0 unspecified atom stereocenters. The van der Waals surface area contributed by atoms with Gasteiger partial charge in [0.1, 0.15) is 0 Å². The van der Waals surface area contributed by atoms with Crippen LogP contribution in [0, 0.1) is 11.6 Å². The van der Waals surface area contributed by atoms with Crippen LogP contribution < -0.4 is 8.37 Å². The summed E-state index contributed by atoms with van der Waals surface area (Å²) in [4.78, 5) is 4.40. The number of thiazole rings is 1. The fourth-order valence-corrected chi connectivity index (χ4v) is 4.95. The van der Waals surface area contributed by atoms with Gasteiger partial charge in [-0.1, -0.05) is 0 Å². The van der Waals surface area contributed by atoms with Gasteiger partial charge in [0.15, 0.2) is 0 Å². The zero-order valence-electron chi connectivity index (χ0n) is 9.06. The number of benzene rings is 2. The Morgan fingerprint density at radius 1 is 1.06 bits per heavy atom. The third kappa shape index (κ3) is 2.29. The van der Waals surface area contributed by atoms with Crippen LogP contribution in [0.1, 0.15) is 0 Å². The van der Waals surface area contributed by atoms with E-state index in [-0.39, 0.29) is 26.6 Å². The second-order valence-electron chi connectivity index (χ2n) is 3.62. The summed E-state index contributed by atoms with van der Waals surface area (Å²) in [5, 5.41) is 0. The molecule has 0 saturated carbocycles. The molecule has 0 spiro atoms. The first-order valence-corrected chi connectivity index (χ1v) is 7.74. The number of hydrogen-bond acceptors (Lipinski definition) is 2. The van der Waals surface area contributed by atoms with E-state index >= 15 is 0 Å². The van der Waals surface area contributed by atoms with Gasteiger partial charge >= 0.3 is 113 Å². The Morgan fingerprint density at radius 3 is 2.72 bits per heavy atom. The summed E-state index contributed by atoms with van der Waals surface area (Å²) in [5.74, 6) is -0.473. The Bertz CT molecular complexity index is 711. The molecule has 0 amide bonds. The molecule has 2 aromatic carbocycles. The van der Waals surface area contributed by atoms with Gasteiger partial charge < -0.3 is 0 Å². The van der Waals surface area contributed by atoms with Crippen LogP contribution in [0.3, 0.4) is 0 Å². The molecule has 1 aromatic heterocycles. The van der Waals surface area contributed by atoms with Gasteiger partial charge in [0.05, 0.1) is 0 Å². The van der Waals surface area contributed by atoms with E-state index in [4.69, 9.17) is 0 Å². The van der Waals surface area contributed by atoms with E-state index in [1.807, 2.05) is 6.07 Å². The summed E-state index contributed by atoms with van der Waals surface area (Å²) in [5.41, 5.74) is 0.773. The SMILES string of the molecule is Fc1ccc2nc([Se]c3ccccc3F)sc2c1. The van der Waals surface area contributed by atoms with Gasteiger partial charge in [-0.3, -0.25) is 0 Å². The van der Waals surface area contributed by atoms with E-state index in [0.29, 0.717) is 4.46 Å². The quantitative estimate of drug-likeness (QED) is 0.658. The van der Waals surface area contributed by atoms with Crippen molar-refractivity contribution in [3.8, 4) is 0 Å². The molecule has 5 heteroatoms. The summed E-state index contributed by atoms with van der Waals surface area (Å²) in [7, 11) is 0. The average molecular weight is 326 g/mol. The summed E-state index contributed by atoms with van der Waals surface area (Å²) < 4.78 is 28.9. The van der Waals surface area contributed by atoms with Crippen LogP contribution in [0.25, 0.3) is 10.2 Å². The van der Waals surface area contributed by atoms with Crippen LogP contribution in [0.4, 0.5) is 8.78 Å². The molecule has 0 bridgehead atoms. The van der Waals surface area contributed by atoms with Crippen LogP contribution in [-0.4, -0.2) is 19.9 Å². The number of nitrogens with zero attached hydrogens (tertiary/aromatic N) is 1. The second-order valence-corrected chi connectivity index (χ2v) is 7.40. The number of rotatable bonds is 2. The Morgan fingerprint density at radius 2 is 1.89 bits per heavy atom. The minimum atomic E-state index is -0.268. The van der Waals surface area contributed by atoms with Gasteiger partial charge in [-0.2, -0.15) is 0 Å². The van der Waals surface area contributed by atoms with Crippen molar-refractivity contribution in [2.45, 2.75) is 0 Å². The fourth-order valence-electron chi connectivity index (χ4n) is 1.54. The van der Waals surface area contributed by atoms with Crippen molar-refractivity contribution in [2.24, 2.45) is 0 Å². The fraction of sp³-hybridized carbons (Fsp3) is 0. The van der Waals surface area contributed by atoms with Gasteiger partial charge in [-0.25, -0.2) is 0 Å². The summed E-state index contributed by atoms with van der Waals surface area (Å²) in [6, 6.07) is 11.2. The molecule has 0 aliphatic heterocycles. The van der Waals surface area contributed by atoms with Gasteiger partial charge in [-0.15, -0.1) is 0 Å². The van der Waals surface area contributed by atoms with Crippen LogP contribution in [-0.2, 0) is 0 Å². The molecule has 0 N–H and O–H groups in total. The van der Waals surface area contributed by atoms with Crippen molar-refractivity contribution in [1.82, 2.24) is 4.98 Å². The maximum absolute atomic E-state index is 13.5. The monoisotopic (exact) mass is 327 g/mol.